The highest BCUT2D eigenvalue weighted by atomic mass is 19.2. The van der Waals surface area contributed by atoms with Crippen LogP contribution in [0.5, 0.6) is 5.75 Å². The number of rotatable bonds is 5. The van der Waals surface area contributed by atoms with Crippen molar-refractivity contribution >= 4 is 0 Å². The second-order valence-electron chi connectivity index (χ2n) is 4.59. The molecule has 106 valence electrons. The minimum atomic E-state index is -0.865. The van der Waals surface area contributed by atoms with Crippen molar-refractivity contribution in [3.63, 3.8) is 0 Å². The zero-order valence-electron chi connectivity index (χ0n) is 11.3. The summed E-state index contributed by atoms with van der Waals surface area (Å²) in [6, 6.07) is 11.4. The molecule has 2 rings (SSSR count). The van der Waals surface area contributed by atoms with Gasteiger partial charge in [0, 0.05) is 11.6 Å². The Morgan fingerprint density at radius 2 is 1.80 bits per heavy atom. The van der Waals surface area contributed by atoms with Gasteiger partial charge >= 0.3 is 0 Å². The molecule has 0 spiro atoms. The van der Waals surface area contributed by atoms with Gasteiger partial charge < -0.3 is 10.5 Å². The fraction of sp³-hybridized carbons (Fsp3) is 0.250. The molecule has 0 aliphatic heterocycles. The average Bonchev–Trinajstić information content (AvgIpc) is 2.48. The molecule has 0 aliphatic carbocycles. The third kappa shape index (κ3) is 3.33. The first kappa shape index (κ1) is 14.5. The number of halogens is 2. The van der Waals surface area contributed by atoms with Crippen LogP contribution >= 0.6 is 0 Å². The van der Waals surface area contributed by atoms with Crippen LogP contribution in [0.2, 0.25) is 0 Å². The summed E-state index contributed by atoms with van der Waals surface area (Å²) in [5.74, 6) is -1.13. The number of hydrogen-bond acceptors (Lipinski definition) is 2. The predicted molar refractivity (Wildman–Crippen MR) is 74.4 cm³/mol. The lowest BCUT2D eigenvalue weighted by molar-refractivity contribution is 0.297. The van der Waals surface area contributed by atoms with Crippen LogP contribution in [0.15, 0.2) is 42.5 Å². The molecular formula is C16H17F2NO. The van der Waals surface area contributed by atoms with Crippen molar-refractivity contribution in [2.24, 2.45) is 5.73 Å². The van der Waals surface area contributed by atoms with E-state index in [4.69, 9.17) is 10.5 Å². The second-order valence-corrected chi connectivity index (χ2v) is 4.59. The Morgan fingerprint density at radius 3 is 2.45 bits per heavy atom. The van der Waals surface area contributed by atoms with Gasteiger partial charge in [-0.1, -0.05) is 31.2 Å². The van der Waals surface area contributed by atoms with Gasteiger partial charge in [-0.05, 0) is 30.2 Å². The van der Waals surface area contributed by atoms with Crippen molar-refractivity contribution < 1.29 is 13.5 Å². The van der Waals surface area contributed by atoms with Crippen molar-refractivity contribution in [1.29, 1.82) is 0 Å². The van der Waals surface area contributed by atoms with Gasteiger partial charge in [0.05, 0.1) is 0 Å². The first-order chi connectivity index (χ1) is 9.61. The molecule has 2 aromatic rings. The van der Waals surface area contributed by atoms with Crippen molar-refractivity contribution in [3.05, 3.63) is 65.2 Å². The molecule has 1 atom stereocenters. The topological polar surface area (TPSA) is 35.2 Å². The van der Waals surface area contributed by atoms with Crippen LogP contribution < -0.4 is 10.5 Å². The zero-order chi connectivity index (χ0) is 14.5. The quantitative estimate of drug-likeness (QED) is 0.898. The Hall–Kier alpha value is -1.94. The van der Waals surface area contributed by atoms with Crippen LogP contribution in [0.25, 0.3) is 0 Å². The van der Waals surface area contributed by atoms with Crippen LogP contribution in [0.4, 0.5) is 8.78 Å². The van der Waals surface area contributed by atoms with E-state index in [-0.39, 0.29) is 18.2 Å². The number of hydrogen-bond donors (Lipinski definition) is 1. The molecule has 0 amide bonds. The Morgan fingerprint density at radius 1 is 1.10 bits per heavy atom. The number of benzene rings is 2. The minimum Gasteiger partial charge on any atom is -0.489 e. The van der Waals surface area contributed by atoms with Gasteiger partial charge in [-0.15, -0.1) is 0 Å². The summed E-state index contributed by atoms with van der Waals surface area (Å²) in [7, 11) is 0. The summed E-state index contributed by atoms with van der Waals surface area (Å²) in [6.07, 6.45) is 0.856. The molecule has 0 aromatic heterocycles. The van der Waals surface area contributed by atoms with Crippen molar-refractivity contribution in [2.45, 2.75) is 26.0 Å². The highest BCUT2D eigenvalue weighted by Crippen LogP contribution is 2.20. The maximum absolute atomic E-state index is 13.4. The molecule has 0 radical (unpaired) electrons. The van der Waals surface area contributed by atoms with Crippen LogP contribution in [0.1, 0.15) is 30.5 Å². The lowest BCUT2D eigenvalue weighted by Crippen LogP contribution is -2.08. The maximum atomic E-state index is 13.4. The van der Waals surface area contributed by atoms with Gasteiger partial charge in [0.2, 0.25) is 0 Å². The number of nitrogens with two attached hydrogens (primary N) is 1. The van der Waals surface area contributed by atoms with Crippen LogP contribution in [0, 0.1) is 11.6 Å². The average molecular weight is 277 g/mol. The zero-order valence-corrected chi connectivity index (χ0v) is 11.3. The number of ether oxygens (including phenoxy) is 1. The minimum absolute atomic E-state index is 0.00436. The molecule has 0 bridgehead atoms. The van der Waals surface area contributed by atoms with Gasteiger partial charge in [-0.25, -0.2) is 8.78 Å². The monoisotopic (exact) mass is 277 g/mol. The third-order valence-corrected chi connectivity index (χ3v) is 3.17. The molecule has 2 N–H and O–H groups in total. The van der Waals surface area contributed by atoms with Gasteiger partial charge in [0.15, 0.2) is 11.6 Å². The van der Waals surface area contributed by atoms with E-state index in [9.17, 15) is 8.78 Å². The van der Waals surface area contributed by atoms with E-state index in [1.165, 1.54) is 12.1 Å². The van der Waals surface area contributed by atoms with E-state index in [2.05, 4.69) is 0 Å². The lowest BCUT2D eigenvalue weighted by Gasteiger charge is -2.11. The Balaban J connectivity index is 2.02. The Kier molecular flexibility index (Phi) is 4.69. The van der Waals surface area contributed by atoms with Gasteiger partial charge in [-0.2, -0.15) is 0 Å². The Labute approximate surface area is 117 Å². The standard InChI is InChI=1S/C16H17F2NO/c1-2-15(19)11-6-8-13(9-7-11)20-10-12-4-3-5-14(17)16(12)18/h3-9,15H,2,10,19H2,1H3/t15-/m1/s1. The SMILES string of the molecule is CC[C@@H](N)c1ccc(OCc2cccc(F)c2F)cc1. The van der Waals surface area contributed by atoms with Crippen molar-refractivity contribution in [1.82, 2.24) is 0 Å². The van der Waals surface area contributed by atoms with E-state index in [0.717, 1.165) is 18.1 Å². The first-order valence-corrected chi connectivity index (χ1v) is 6.53. The molecule has 2 aromatic carbocycles. The molecule has 0 saturated carbocycles. The lowest BCUT2D eigenvalue weighted by atomic mass is 10.1. The summed E-state index contributed by atoms with van der Waals surface area (Å²) in [5, 5.41) is 0. The van der Waals surface area contributed by atoms with Crippen LogP contribution in [-0.4, -0.2) is 0 Å². The smallest absolute Gasteiger partial charge is 0.165 e. The molecule has 0 heterocycles. The molecule has 0 saturated heterocycles. The third-order valence-electron chi connectivity index (χ3n) is 3.17. The maximum Gasteiger partial charge on any atom is 0.165 e. The normalized spacial score (nSPS) is 12.2. The van der Waals surface area contributed by atoms with Gasteiger partial charge in [-0.3, -0.25) is 0 Å². The molecular weight excluding hydrogens is 260 g/mol. The van der Waals surface area contributed by atoms with Gasteiger partial charge in [0.1, 0.15) is 12.4 Å². The van der Waals surface area contributed by atoms with Crippen molar-refractivity contribution in [2.75, 3.05) is 0 Å². The molecule has 0 fully saturated rings. The predicted octanol–water partition coefficient (Wildman–Crippen LogP) is 3.95. The summed E-state index contributed by atoms with van der Waals surface area (Å²) in [5.41, 5.74) is 7.13. The van der Waals surface area contributed by atoms with E-state index < -0.39 is 11.6 Å². The first-order valence-electron chi connectivity index (χ1n) is 6.53. The highest BCUT2D eigenvalue weighted by molar-refractivity contribution is 5.29. The Bertz CT molecular complexity index is 569. The molecule has 0 aliphatic rings. The van der Waals surface area contributed by atoms with Crippen LogP contribution in [0.3, 0.4) is 0 Å². The molecule has 4 heteroatoms. The largest absolute Gasteiger partial charge is 0.489 e. The molecule has 20 heavy (non-hydrogen) atoms. The fourth-order valence-corrected chi connectivity index (χ4v) is 1.87. The fourth-order valence-electron chi connectivity index (χ4n) is 1.87. The van der Waals surface area contributed by atoms with Crippen molar-refractivity contribution in [3.8, 4) is 5.75 Å². The van der Waals surface area contributed by atoms with E-state index in [0.29, 0.717) is 5.75 Å². The molecule has 0 unspecified atom stereocenters. The summed E-state index contributed by atoms with van der Waals surface area (Å²) < 4.78 is 31.9. The highest BCUT2D eigenvalue weighted by Gasteiger charge is 2.08. The summed E-state index contributed by atoms with van der Waals surface area (Å²) in [6.45, 7) is 2.00. The van der Waals surface area contributed by atoms with Crippen LogP contribution in [-0.2, 0) is 6.61 Å². The second kappa shape index (κ2) is 6.48. The van der Waals surface area contributed by atoms with E-state index in [1.54, 1.807) is 12.1 Å². The van der Waals surface area contributed by atoms with E-state index >= 15 is 0 Å². The van der Waals surface area contributed by atoms with E-state index in [1.807, 2.05) is 19.1 Å². The summed E-state index contributed by atoms with van der Waals surface area (Å²) in [4.78, 5) is 0. The summed E-state index contributed by atoms with van der Waals surface area (Å²) >= 11 is 0. The van der Waals surface area contributed by atoms with Gasteiger partial charge in [0.25, 0.3) is 0 Å². The molecule has 2 nitrogen and oxygen atoms in total.